The highest BCUT2D eigenvalue weighted by molar-refractivity contribution is 7.99. The molecule has 0 bridgehead atoms. The molecule has 0 heterocycles. The minimum absolute atomic E-state index is 0.0799. The van der Waals surface area contributed by atoms with Gasteiger partial charge in [0.05, 0.1) is 0 Å². The van der Waals surface area contributed by atoms with E-state index in [1.54, 1.807) is 0 Å². The van der Waals surface area contributed by atoms with E-state index >= 15 is 0 Å². The van der Waals surface area contributed by atoms with Crippen molar-refractivity contribution in [3.63, 3.8) is 0 Å². The number of hydrogen-bond donors (Lipinski definition) is 0. The summed E-state index contributed by atoms with van der Waals surface area (Å²) >= 11 is 1.89. The van der Waals surface area contributed by atoms with Crippen LogP contribution in [-0.4, -0.2) is 5.75 Å². The van der Waals surface area contributed by atoms with Crippen LogP contribution in [0.4, 0.5) is 13.2 Å². The van der Waals surface area contributed by atoms with Crippen LogP contribution in [-0.2, 0) is 6.42 Å². The molecular weight excluding hydrogens is 473 g/mol. The van der Waals surface area contributed by atoms with E-state index in [0.29, 0.717) is 5.56 Å². The average Bonchev–Trinajstić information content (AvgIpc) is 2.89. The van der Waals surface area contributed by atoms with Crippen LogP contribution in [0.15, 0.2) is 71.6 Å². The number of hydrogen-bond acceptors (Lipinski definition) is 1. The molecule has 0 atom stereocenters. The molecule has 4 heteroatoms. The Bertz CT molecular complexity index is 1510. The standard InChI is InChI=1S/C32H25F3S/c1-3-5-16-36-29-15-14-27-18-23(10-13-28(27)21-29)9-12-26-11-8-22(17-25(26)4-2)6-7-24-19-30(33)32(35)31(34)20-24/h8,10-11,13-15,17-21H,3-5,16H2,1-2H3. The smallest absolute Gasteiger partial charge is 0.194 e. The molecule has 0 spiro atoms. The zero-order valence-electron chi connectivity index (χ0n) is 20.2. The summed E-state index contributed by atoms with van der Waals surface area (Å²) in [5.74, 6) is 9.28. The highest BCUT2D eigenvalue weighted by atomic mass is 32.2. The van der Waals surface area contributed by atoms with Crippen LogP contribution < -0.4 is 0 Å². The number of aryl methyl sites for hydroxylation is 1. The van der Waals surface area contributed by atoms with Gasteiger partial charge in [0.25, 0.3) is 0 Å². The van der Waals surface area contributed by atoms with Gasteiger partial charge in [0, 0.05) is 27.1 Å². The van der Waals surface area contributed by atoms with Crippen LogP contribution in [0.5, 0.6) is 0 Å². The number of rotatable bonds is 5. The molecule has 0 amide bonds. The van der Waals surface area contributed by atoms with Gasteiger partial charge in [0.15, 0.2) is 17.5 Å². The molecule has 0 aromatic heterocycles. The lowest BCUT2D eigenvalue weighted by atomic mass is 10.0. The van der Waals surface area contributed by atoms with Crippen LogP contribution in [0.2, 0.25) is 0 Å². The molecule has 4 aromatic carbocycles. The molecule has 0 aliphatic heterocycles. The molecule has 0 aliphatic carbocycles. The Morgan fingerprint density at radius 1 is 0.667 bits per heavy atom. The van der Waals surface area contributed by atoms with Gasteiger partial charge in [-0.3, -0.25) is 0 Å². The second-order valence-electron chi connectivity index (χ2n) is 8.41. The van der Waals surface area contributed by atoms with Crippen LogP contribution in [0.1, 0.15) is 54.5 Å². The van der Waals surface area contributed by atoms with Crippen molar-refractivity contribution in [2.24, 2.45) is 0 Å². The van der Waals surface area contributed by atoms with E-state index in [1.807, 2.05) is 43.0 Å². The summed E-state index contributed by atoms with van der Waals surface area (Å²) < 4.78 is 40.0. The number of halogens is 3. The molecule has 0 unspecified atom stereocenters. The Balaban J connectivity index is 1.54. The predicted molar refractivity (Wildman–Crippen MR) is 144 cm³/mol. The van der Waals surface area contributed by atoms with Gasteiger partial charge in [-0.15, -0.1) is 11.8 Å². The summed E-state index contributed by atoms with van der Waals surface area (Å²) in [6, 6.07) is 20.3. The molecular formula is C32H25F3S. The van der Waals surface area contributed by atoms with Gasteiger partial charge >= 0.3 is 0 Å². The van der Waals surface area contributed by atoms with E-state index in [4.69, 9.17) is 0 Å². The van der Waals surface area contributed by atoms with Gasteiger partial charge in [0.2, 0.25) is 0 Å². The summed E-state index contributed by atoms with van der Waals surface area (Å²) in [7, 11) is 0. The maximum Gasteiger partial charge on any atom is 0.194 e. The molecule has 0 fully saturated rings. The molecule has 0 N–H and O–H groups in total. The zero-order valence-corrected chi connectivity index (χ0v) is 21.0. The Kier molecular flexibility index (Phi) is 8.42. The number of benzene rings is 4. The van der Waals surface area contributed by atoms with Gasteiger partial charge in [-0.25, -0.2) is 13.2 Å². The summed E-state index contributed by atoms with van der Waals surface area (Å²) in [6.07, 6.45) is 3.19. The second kappa shape index (κ2) is 11.9. The van der Waals surface area contributed by atoms with Crippen LogP contribution in [0, 0.1) is 41.1 Å². The zero-order chi connectivity index (χ0) is 25.5. The molecule has 36 heavy (non-hydrogen) atoms. The Hall–Kier alpha value is -3.60. The first-order valence-electron chi connectivity index (χ1n) is 11.9. The third kappa shape index (κ3) is 6.34. The maximum absolute atomic E-state index is 13.4. The Morgan fingerprint density at radius 2 is 1.31 bits per heavy atom. The monoisotopic (exact) mass is 498 g/mol. The quantitative estimate of drug-likeness (QED) is 0.115. The molecule has 0 saturated carbocycles. The normalized spacial score (nSPS) is 10.5. The van der Waals surface area contributed by atoms with E-state index in [0.717, 1.165) is 46.4 Å². The first kappa shape index (κ1) is 25.5. The van der Waals surface area contributed by atoms with Gasteiger partial charge in [-0.2, -0.15) is 0 Å². The van der Waals surface area contributed by atoms with Crippen molar-refractivity contribution >= 4 is 22.5 Å². The molecule has 0 aliphatic rings. The molecule has 4 aromatic rings. The summed E-state index contributed by atoms with van der Waals surface area (Å²) in [5, 5.41) is 2.37. The van der Waals surface area contributed by atoms with Gasteiger partial charge in [-0.05, 0) is 89.5 Å². The first-order chi connectivity index (χ1) is 17.5. The summed E-state index contributed by atoms with van der Waals surface area (Å²) in [5.41, 5.74) is 3.65. The average molecular weight is 499 g/mol. The Labute approximate surface area is 214 Å². The summed E-state index contributed by atoms with van der Waals surface area (Å²) in [6.45, 7) is 4.24. The topological polar surface area (TPSA) is 0 Å². The van der Waals surface area contributed by atoms with Crippen molar-refractivity contribution < 1.29 is 13.2 Å². The van der Waals surface area contributed by atoms with Crippen LogP contribution in [0.3, 0.4) is 0 Å². The van der Waals surface area contributed by atoms with Crippen molar-refractivity contribution in [3.8, 4) is 23.7 Å². The summed E-state index contributed by atoms with van der Waals surface area (Å²) in [4.78, 5) is 1.29. The molecule has 0 nitrogen and oxygen atoms in total. The highest BCUT2D eigenvalue weighted by Crippen LogP contribution is 2.25. The van der Waals surface area contributed by atoms with E-state index in [-0.39, 0.29) is 5.56 Å². The van der Waals surface area contributed by atoms with Crippen LogP contribution in [0.25, 0.3) is 10.8 Å². The van der Waals surface area contributed by atoms with Gasteiger partial charge in [-0.1, -0.05) is 56.1 Å². The number of fused-ring (bicyclic) bond motifs is 1. The van der Waals surface area contributed by atoms with E-state index < -0.39 is 17.5 Å². The van der Waals surface area contributed by atoms with E-state index in [9.17, 15) is 13.2 Å². The SMILES string of the molecule is CCCCSc1ccc2cc(C#Cc3ccc(C#Cc4cc(F)c(F)c(F)c4)cc3CC)ccc2c1. The maximum atomic E-state index is 13.4. The number of unbranched alkanes of at least 4 members (excludes halogenated alkanes) is 1. The van der Waals surface area contributed by atoms with E-state index in [2.05, 4.69) is 60.9 Å². The first-order valence-corrected chi connectivity index (χ1v) is 12.9. The van der Waals surface area contributed by atoms with Crippen molar-refractivity contribution in [3.05, 3.63) is 112 Å². The molecule has 0 radical (unpaired) electrons. The van der Waals surface area contributed by atoms with Crippen molar-refractivity contribution in [1.82, 2.24) is 0 Å². The van der Waals surface area contributed by atoms with Crippen molar-refractivity contribution in [2.45, 2.75) is 38.0 Å². The molecule has 180 valence electrons. The third-order valence-electron chi connectivity index (χ3n) is 5.74. The predicted octanol–water partition coefficient (Wildman–Crippen LogP) is 8.51. The minimum atomic E-state index is -1.49. The fourth-order valence-corrected chi connectivity index (χ4v) is 4.77. The van der Waals surface area contributed by atoms with E-state index in [1.165, 1.54) is 23.1 Å². The highest BCUT2D eigenvalue weighted by Gasteiger charge is 2.09. The minimum Gasteiger partial charge on any atom is -0.204 e. The molecule has 4 rings (SSSR count). The lowest BCUT2D eigenvalue weighted by molar-refractivity contribution is 0.446. The number of thioether (sulfide) groups is 1. The largest absolute Gasteiger partial charge is 0.204 e. The third-order valence-corrected chi connectivity index (χ3v) is 6.82. The fourth-order valence-electron chi connectivity index (χ4n) is 3.72. The Morgan fingerprint density at radius 3 is 2.06 bits per heavy atom. The fraction of sp³-hybridized carbons (Fsp3) is 0.188. The lowest BCUT2D eigenvalue weighted by Gasteiger charge is -2.04. The van der Waals surface area contributed by atoms with Crippen molar-refractivity contribution in [1.29, 1.82) is 0 Å². The van der Waals surface area contributed by atoms with Gasteiger partial charge in [0.1, 0.15) is 0 Å². The van der Waals surface area contributed by atoms with Crippen LogP contribution >= 0.6 is 11.8 Å². The lowest BCUT2D eigenvalue weighted by Crippen LogP contribution is -1.92. The van der Waals surface area contributed by atoms with Gasteiger partial charge < -0.3 is 0 Å². The van der Waals surface area contributed by atoms with Crippen molar-refractivity contribution in [2.75, 3.05) is 5.75 Å². The second-order valence-corrected chi connectivity index (χ2v) is 9.57. The molecule has 0 saturated heterocycles.